The van der Waals surface area contributed by atoms with Gasteiger partial charge in [0.05, 0.1) is 13.2 Å². The lowest BCUT2D eigenvalue weighted by molar-refractivity contribution is 0.0377. The molecule has 0 amide bonds. The standard InChI is InChI=1S/C14H28N4O/c1-14(2,3)12(15)11-13(16)17-5-4-6-18-7-9-19-10-8-18/h11H,4-10,15H2,1-3H3,(H2,16,17)/b12-11-. The van der Waals surface area contributed by atoms with Crippen LogP contribution in [0, 0.1) is 5.41 Å². The summed E-state index contributed by atoms with van der Waals surface area (Å²) < 4.78 is 5.31. The van der Waals surface area contributed by atoms with E-state index in [-0.39, 0.29) is 5.41 Å². The summed E-state index contributed by atoms with van der Waals surface area (Å²) in [5.74, 6) is 0.523. The van der Waals surface area contributed by atoms with Gasteiger partial charge in [-0.05, 0) is 12.5 Å². The van der Waals surface area contributed by atoms with Crippen molar-refractivity contribution >= 4 is 5.84 Å². The van der Waals surface area contributed by atoms with Gasteiger partial charge in [-0.1, -0.05) is 20.8 Å². The van der Waals surface area contributed by atoms with E-state index in [9.17, 15) is 0 Å². The highest BCUT2D eigenvalue weighted by atomic mass is 16.5. The molecule has 0 spiro atoms. The van der Waals surface area contributed by atoms with Crippen molar-refractivity contribution in [3.05, 3.63) is 11.8 Å². The number of amidine groups is 1. The monoisotopic (exact) mass is 268 g/mol. The van der Waals surface area contributed by atoms with E-state index in [0.29, 0.717) is 5.84 Å². The van der Waals surface area contributed by atoms with Gasteiger partial charge in [-0.2, -0.15) is 0 Å². The van der Waals surface area contributed by atoms with Gasteiger partial charge in [0, 0.05) is 37.3 Å². The normalized spacial score (nSPS) is 19.7. The van der Waals surface area contributed by atoms with E-state index in [1.165, 1.54) is 0 Å². The number of ether oxygens (including phenoxy) is 1. The highest BCUT2D eigenvalue weighted by Gasteiger charge is 2.13. The number of nitrogens with two attached hydrogens (primary N) is 2. The molecule has 0 aliphatic carbocycles. The summed E-state index contributed by atoms with van der Waals surface area (Å²) in [6.45, 7) is 11.7. The molecule has 1 aliphatic heterocycles. The van der Waals surface area contributed by atoms with E-state index in [2.05, 4.69) is 30.7 Å². The van der Waals surface area contributed by atoms with Crippen molar-refractivity contribution in [2.75, 3.05) is 39.4 Å². The average Bonchev–Trinajstić information content (AvgIpc) is 2.35. The van der Waals surface area contributed by atoms with Gasteiger partial charge in [0.15, 0.2) is 0 Å². The second-order valence-corrected chi connectivity index (χ2v) is 5.96. The van der Waals surface area contributed by atoms with Gasteiger partial charge in [0.25, 0.3) is 0 Å². The molecule has 1 fully saturated rings. The van der Waals surface area contributed by atoms with Gasteiger partial charge in [-0.25, -0.2) is 0 Å². The first-order valence-corrected chi connectivity index (χ1v) is 6.97. The van der Waals surface area contributed by atoms with Gasteiger partial charge < -0.3 is 16.2 Å². The molecule has 1 heterocycles. The van der Waals surface area contributed by atoms with Crippen LogP contribution in [0.3, 0.4) is 0 Å². The minimum Gasteiger partial charge on any atom is -0.401 e. The predicted octanol–water partition coefficient (Wildman–Crippen LogP) is 0.955. The molecule has 110 valence electrons. The van der Waals surface area contributed by atoms with Gasteiger partial charge in [0.2, 0.25) is 0 Å². The summed E-state index contributed by atoms with van der Waals surface area (Å²) in [6.07, 6.45) is 2.79. The molecule has 1 aliphatic rings. The Morgan fingerprint density at radius 2 is 1.89 bits per heavy atom. The molecule has 0 unspecified atom stereocenters. The Morgan fingerprint density at radius 1 is 1.26 bits per heavy atom. The van der Waals surface area contributed by atoms with Crippen LogP contribution in [0.1, 0.15) is 27.2 Å². The van der Waals surface area contributed by atoms with Crippen LogP contribution in [0.15, 0.2) is 16.8 Å². The van der Waals surface area contributed by atoms with Crippen molar-refractivity contribution in [2.45, 2.75) is 27.2 Å². The van der Waals surface area contributed by atoms with Crippen LogP contribution in [-0.4, -0.2) is 50.1 Å². The first kappa shape index (κ1) is 16.0. The molecule has 19 heavy (non-hydrogen) atoms. The van der Waals surface area contributed by atoms with Crippen LogP contribution in [-0.2, 0) is 4.74 Å². The highest BCUT2D eigenvalue weighted by molar-refractivity contribution is 5.92. The van der Waals surface area contributed by atoms with E-state index >= 15 is 0 Å². The van der Waals surface area contributed by atoms with Crippen LogP contribution in [0.4, 0.5) is 0 Å². The van der Waals surface area contributed by atoms with Crippen molar-refractivity contribution in [3.63, 3.8) is 0 Å². The Hall–Kier alpha value is -1.07. The molecule has 1 saturated heterocycles. The number of aliphatic imine (C=N–C) groups is 1. The lowest BCUT2D eigenvalue weighted by atomic mass is 9.92. The molecule has 1 rings (SSSR count). The third-order valence-electron chi connectivity index (χ3n) is 3.20. The second-order valence-electron chi connectivity index (χ2n) is 5.96. The number of allylic oxidation sites excluding steroid dienone is 1. The van der Waals surface area contributed by atoms with Gasteiger partial charge in [0.1, 0.15) is 5.84 Å². The average molecular weight is 268 g/mol. The Labute approximate surface area is 116 Å². The molecule has 5 nitrogen and oxygen atoms in total. The van der Waals surface area contributed by atoms with E-state index in [0.717, 1.165) is 51.5 Å². The number of morpholine rings is 1. The fourth-order valence-electron chi connectivity index (χ4n) is 1.75. The lowest BCUT2D eigenvalue weighted by Gasteiger charge is -2.26. The first-order valence-electron chi connectivity index (χ1n) is 6.97. The fourth-order valence-corrected chi connectivity index (χ4v) is 1.75. The van der Waals surface area contributed by atoms with Crippen molar-refractivity contribution in [1.82, 2.24) is 4.90 Å². The zero-order valence-corrected chi connectivity index (χ0v) is 12.5. The Balaban J connectivity index is 2.28. The Kier molecular flexibility index (Phi) is 6.31. The molecule has 0 aromatic rings. The highest BCUT2D eigenvalue weighted by Crippen LogP contribution is 2.19. The topological polar surface area (TPSA) is 76.9 Å². The van der Waals surface area contributed by atoms with Crippen LogP contribution >= 0.6 is 0 Å². The minimum atomic E-state index is -0.0616. The summed E-state index contributed by atoms with van der Waals surface area (Å²) >= 11 is 0. The van der Waals surface area contributed by atoms with Crippen molar-refractivity contribution in [3.8, 4) is 0 Å². The van der Waals surface area contributed by atoms with E-state index in [1.807, 2.05) is 0 Å². The predicted molar refractivity (Wildman–Crippen MR) is 80.1 cm³/mol. The maximum atomic E-state index is 5.95. The number of hydrogen-bond donors (Lipinski definition) is 2. The summed E-state index contributed by atoms with van der Waals surface area (Å²) in [5.41, 5.74) is 12.5. The van der Waals surface area contributed by atoms with Crippen molar-refractivity contribution in [2.24, 2.45) is 21.9 Å². The zero-order valence-electron chi connectivity index (χ0n) is 12.5. The summed E-state index contributed by atoms with van der Waals surface area (Å²) in [4.78, 5) is 6.74. The third-order valence-corrected chi connectivity index (χ3v) is 3.20. The summed E-state index contributed by atoms with van der Waals surface area (Å²) in [5, 5.41) is 0. The van der Waals surface area contributed by atoms with Gasteiger partial charge in [-0.3, -0.25) is 9.89 Å². The van der Waals surface area contributed by atoms with Crippen molar-refractivity contribution < 1.29 is 4.74 Å². The number of nitrogens with zero attached hydrogens (tertiary/aromatic N) is 2. The van der Waals surface area contributed by atoms with E-state index < -0.39 is 0 Å². The number of rotatable bonds is 5. The molecular formula is C14H28N4O. The molecule has 4 N–H and O–H groups in total. The fraction of sp³-hybridized carbons (Fsp3) is 0.786. The quantitative estimate of drug-likeness (QED) is 0.442. The summed E-state index contributed by atoms with van der Waals surface area (Å²) in [6, 6.07) is 0. The largest absolute Gasteiger partial charge is 0.401 e. The molecule has 0 aromatic carbocycles. The maximum absolute atomic E-state index is 5.95. The summed E-state index contributed by atoms with van der Waals surface area (Å²) in [7, 11) is 0. The second kappa shape index (κ2) is 7.50. The molecule has 0 bridgehead atoms. The van der Waals surface area contributed by atoms with E-state index in [1.54, 1.807) is 6.08 Å². The first-order chi connectivity index (χ1) is 8.89. The molecular weight excluding hydrogens is 240 g/mol. The van der Waals surface area contributed by atoms with E-state index in [4.69, 9.17) is 16.2 Å². The van der Waals surface area contributed by atoms with Crippen LogP contribution in [0.2, 0.25) is 0 Å². The SMILES string of the molecule is CC(C)(C)/C(N)=C/C(N)=NCCCN1CCOCC1. The molecule has 5 heteroatoms. The number of hydrogen-bond acceptors (Lipinski definition) is 4. The zero-order chi connectivity index (χ0) is 14.3. The maximum Gasteiger partial charge on any atom is 0.119 e. The third kappa shape index (κ3) is 6.59. The van der Waals surface area contributed by atoms with Crippen LogP contribution in [0.25, 0.3) is 0 Å². The minimum absolute atomic E-state index is 0.0616. The van der Waals surface area contributed by atoms with Gasteiger partial charge in [-0.15, -0.1) is 0 Å². The smallest absolute Gasteiger partial charge is 0.119 e. The molecule has 0 radical (unpaired) electrons. The lowest BCUT2D eigenvalue weighted by Crippen LogP contribution is -2.37. The Morgan fingerprint density at radius 3 is 2.47 bits per heavy atom. The molecule has 0 aromatic heterocycles. The van der Waals surface area contributed by atoms with Crippen LogP contribution < -0.4 is 11.5 Å². The Bertz CT molecular complexity index is 325. The van der Waals surface area contributed by atoms with Gasteiger partial charge >= 0.3 is 0 Å². The molecule has 0 atom stereocenters. The molecule has 0 saturated carbocycles. The van der Waals surface area contributed by atoms with Crippen molar-refractivity contribution in [1.29, 1.82) is 0 Å². The van der Waals surface area contributed by atoms with Crippen LogP contribution in [0.5, 0.6) is 0 Å².